The number of piperazine rings is 1. The third kappa shape index (κ3) is 3.95. The molecular formula is C15H21N3O3. The van der Waals surface area contributed by atoms with E-state index in [2.05, 4.69) is 32.0 Å². The second-order valence-electron chi connectivity index (χ2n) is 5.02. The molecule has 114 valence electrons. The van der Waals surface area contributed by atoms with Crippen LogP contribution in [0.3, 0.4) is 0 Å². The Morgan fingerprint density at radius 1 is 1.14 bits per heavy atom. The van der Waals surface area contributed by atoms with Gasteiger partial charge in [-0.05, 0) is 19.1 Å². The van der Waals surface area contributed by atoms with Gasteiger partial charge in [0.25, 0.3) is 0 Å². The molecule has 2 rings (SSSR count). The minimum absolute atomic E-state index is 0.324. The van der Waals surface area contributed by atoms with Crippen molar-refractivity contribution in [2.75, 3.05) is 38.2 Å². The number of para-hydroxylation sites is 1. The number of rotatable bonds is 3. The molecule has 0 aromatic heterocycles. The summed E-state index contributed by atoms with van der Waals surface area (Å²) in [5, 5.41) is 2.21. The van der Waals surface area contributed by atoms with E-state index in [-0.39, 0.29) is 11.9 Å². The quantitative estimate of drug-likeness (QED) is 0.903. The van der Waals surface area contributed by atoms with Gasteiger partial charge in [0.2, 0.25) is 5.91 Å². The molecule has 1 aromatic rings. The molecule has 2 amide bonds. The second-order valence-corrected chi connectivity index (χ2v) is 5.02. The zero-order chi connectivity index (χ0) is 15.2. The van der Waals surface area contributed by atoms with Gasteiger partial charge in [-0.2, -0.15) is 0 Å². The van der Waals surface area contributed by atoms with Crippen LogP contribution in [-0.4, -0.2) is 56.2 Å². The topological polar surface area (TPSA) is 61.9 Å². The predicted molar refractivity (Wildman–Crippen MR) is 80.2 cm³/mol. The highest BCUT2D eigenvalue weighted by molar-refractivity contribution is 5.94. The molecule has 0 spiro atoms. The van der Waals surface area contributed by atoms with Gasteiger partial charge in [0, 0.05) is 31.9 Å². The van der Waals surface area contributed by atoms with E-state index in [9.17, 15) is 9.59 Å². The molecule has 21 heavy (non-hydrogen) atoms. The van der Waals surface area contributed by atoms with Crippen molar-refractivity contribution < 1.29 is 14.3 Å². The zero-order valence-corrected chi connectivity index (χ0v) is 12.4. The molecule has 1 N–H and O–H groups in total. The fourth-order valence-corrected chi connectivity index (χ4v) is 2.43. The van der Waals surface area contributed by atoms with Gasteiger partial charge in [-0.3, -0.25) is 15.0 Å². The lowest BCUT2D eigenvalue weighted by Crippen LogP contribution is -2.54. The fraction of sp³-hybridized carbons (Fsp3) is 0.467. The Morgan fingerprint density at radius 3 is 2.33 bits per heavy atom. The number of nitrogens with one attached hydrogen (secondary N) is 1. The number of ether oxygens (including phenoxy) is 1. The maximum atomic E-state index is 11.9. The van der Waals surface area contributed by atoms with Crippen LogP contribution in [0.15, 0.2) is 30.3 Å². The number of amides is 2. The van der Waals surface area contributed by atoms with Gasteiger partial charge in [-0.25, -0.2) is 4.79 Å². The third-order valence-electron chi connectivity index (χ3n) is 3.77. The van der Waals surface area contributed by atoms with E-state index < -0.39 is 6.09 Å². The molecule has 0 aliphatic carbocycles. The van der Waals surface area contributed by atoms with Crippen molar-refractivity contribution in [1.82, 2.24) is 10.2 Å². The summed E-state index contributed by atoms with van der Waals surface area (Å²) < 4.78 is 4.44. The molecule has 1 aromatic carbocycles. The van der Waals surface area contributed by atoms with Gasteiger partial charge in [-0.15, -0.1) is 0 Å². The second kappa shape index (κ2) is 7.08. The van der Waals surface area contributed by atoms with Crippen LogP contribution in [0.4, 0.5) is 10.5 Å². The van der Waals surface area contributed by atoms with E-state index in [1.807, 2.05) is 18.2 Å². The number of carbonyl (C=O) groups excluding carboxylic acids is 2. The molecule has 6 heteroatoms. The van der Waals surface area contributed by atoms with Crippen LogP contribution in [0.25, 0.3) is 0 Å². The lowest BCUT2D eigenvalue weighted by Gasteiger charge is -2.38. The van der Waals surface area contributed by atoms with E-state index in [1.54, 1.807) is 6.92 Å². The molecule has 1 aliphatic heterocycles. The van der Waals surface area contributed by atoms with E-state index in [4.69, 9.17) is 0 Å². The largest absolute Gasteiger partial charge is 0.453 e. The highest BCUT2D eigenvalue weighted by Gasteiger charge is 2.26. The minimum Gasteiger partial charge on any atom is -0.453 e. The standard InChI is InChI=1S/C15H21N3O3/c1-12(14(19)16-15(20)21-2)17-8-10-18(11-9-17)13-6-4-3-5-7-13/h3-7,12H,8-11H2,1-2H3,(H,16,19,20)/t12-/m1/s1. The number of imide groups is 1. The summed E-state index contributed by atoms with van der Waals surface area (Å²) >= 11 is 0. The first-order valence-corrected chi connectivity index (χ1v) is 7.04. The molecule has 1 heterocycles. The number of carbonyl (C=O) groups is 2. The van der Waals surface area contributed by atoms with Gasteiger partial charge in [0.15, 0.2) is 0 Å². The van der Waals surface area contributed by atoms with Gasteiger partial charge in [0.1, 0.15) is 0 Å². The van der Waals surface area contributed by atoms with Crippen molar-refractivity contribution in [2.45, 2.75) is 13.0 Å². The SMILES string of the molecule is COC(=O)NC(=O)[C@@H](C)N1CCN(c2ccccc2)CC1. The number of nitrogens with zero attached hydrogens (tertiary/aromatic N) is 2. The monoisotopic (exact) mass is 291 g/mol. The Kier molecular flexibility index (Phi) is 5.16. The van der Waals surface area contributed by atoms with Crippen molar-refractivity contribution >= 4 is 17.7 Å². The van der Waals surface area contributed by atoms with Crippen molar-refractivity contribution in [2.24, 2.45) is 0 Å². The Hall–Kier alpha value is -2.08. The molecule has 6 nitrogen and oxygen atoms in total. The van der Waals surface area contributed by atoms with Crippen molar-refractivity contribution in [1.29, 1.82) is 0 Å². The minimum atomic E-state index is -0.713. The van der Waals surface area contributed by atoms with Crippen LogP contribution >= 0.6 is 0 Å². The van der Waals surface area contributed by atoms with Gasteiger partial charge < -0.3 is 9.64 Å². The predicted octanol–water partition coefficient (Wildman–Crippen LogP) is 1.08. The summed E-state index contributed by atoms with van der Waals surface area (Å²) in [6.07, 6.45) is -0.713. The molecule has 0 bridgehead atoms. The maximum Gasteiger partial charge on any atom is 0.413 e. The van der Waals surface area contributed by atoms with Crippen molar-refractivity contribution in [3.05, 3.63) is 30.3 Å². The molecule has 0 radical (unpaired) electrons. The van der Waals surface area contributed by atoms with E-state index in [0.717, 1.165) is 26.2 Å². The lowest BCUT2D eigenvalue weighted by atomic mass is 10.2. The van der Waals surface area contributed by atoms with Crippen LogP contribution in [-0.2, 0) is 9.53 Å². The van der Waals surface area contributed by atoms with E-state index >= 15 is 0 Å². The maximum absolute atomic E-state index is 11.9. The molecule has 1 atom stereocenters. The summed E-state index contributed by atoms with van der Waals surface area (Å²) in [5.41, 5.74) is 1.20. The fourth-order valence-electron chi connectivity index (χ4n) is 2.43. The van der Waals surface area contributed by atoms with Crippen LogP contribution in [0, 0.1) is 0 Å². The molecule has 1 fully saturated rings. The Balaban J connectivity index is 1.86. The van der Waals surface area contributed by atoms with Crippen LogP contribution in [0.1, 0.15) is 6.92 Å². The first kappa shape index (κ1) is 15.3. The molecule has 0 unspecified atom stereocenters. The van der Waals surface area contributed by atoms with Gasteiger partial charge >= 0.3 is 6.09 Å². The van der Waals surface area contributed by atoms with Crippen LogP contribution < -0.4 is 10.2 Å². The Morgan fingerprint density at radius 2 is 1.76 bits per heavy atom. The number of methoxy groups -OCH3 is 1. The summed E-state index contributed by atoms with van der Waals surface area (Å²) in [6.45, 7) is 5.09. The summed E-state index contributed by atoms with van der Waals surface area (Å²) in [7, 11) is 1.24. The normalized spacial score (nSPS) is 17.1. The lowest BCUT2D eigenvalue weighted by molar-refractivity contribution is -0.125. The number of hydrogen-bond acceptors (Lipinski definition) is 5. The molecule has 1 aliphatic rings. The van der Waals surface area contributed by atoms with Crippen molar-refractivity contribution in [3.8, 4) is 0 Å². The summed E-state index contributed by atoms with van der Waals surface area (Å²) in [4.78, 5) is 27.3. The smallest absolute Gasteiger partial charge is 0.413 e. The first-order valence-electron chi connectivity index (χ1n) is 7.04. The van der Waals surface area contributed by atoms with E-state index in [0.29, 0.717) is 0 Å². The van der Waals surface area contributed by atoms with Gasteiger partial charge in [0.05, 0.1) is 13.2 Å². The first-order chi connectivity index (χ1) is 10.1. The van der Waals surface area contributed by atoms with Gasteiger partial charge in [-0.1, -0.05) is 18.2 Å². The average molecular weight is 291 g/mol. The van der Waals surface area contributed by atoms with Crippen LogP contribution in [0.5, 0.6) is 0 Å². The molecular weight excluding hydrogens is 270 g/mol. The number of hydrogen-bond donors (Lipinski definition) is 1. The highest BCUT2D eigenvalue weighted by Crippen LogP contribution is 2.16. The Labute approximate surface area is 124 Å². The summed E-state index contributed by atoms with van der Waals surface area (Å²) in [5.74, 6) is -0.324. The third-order valence-corrected chi connectivity index (χ3v) is 3.77. The Bertz CT molecular complexity index is 484. The van der Waals surface area contributed by atoms with Crippen molar-refractivity contribution in [3.63, 3.8) is 0 Å². The number of anilines is 1. The number of benzene rings is 1. The van der Waals surface area contributed by atoms with Crippen LogP contribution in [0.2, 0.25) is 0 Å². The molecule has 1 saturated heterocycles. The summed E-state index contributed by atoms with van der Waals surface area (Å²) in [6, 6.07) is 9.87. The van der Waals surface area contributed by atoms with E-state index in [1.165, 1.54) is 12.8 Å². The number of alkyl carbamates (subject to hydrolysis) is 1. The molecule has 0 saturated carbocycles. The zero-order valence-electron chi connectivity index (χ0n) is 12.4. The highest BCUT2D eigenvalue weighted by atomic mass is 16.5. The average Bonchev–Trinajstić information content (AvgIpc) is 2.55.